The molecule has 2 fully saturated rings. The SMILES string of the molecule is C1CN(CC2CS2)CCO1. The molecule has 2 heterocycles. The lowest BCUT2D eigenvalue weighted by molar-refractivity contribution is 0.0394. The normalized spacial score (nSPS) is 34.2. The quantitative estimate of drug-likeness (QED) is 0.542. The van der Waals surface area contributed by atoms with Gasteiger partial charge in [-0.05, 0) is 0 Å². The van der Waals surface area contributed by atoms with Gasteiger partial charge in [-0.1, -0.05) is 0 Å². The molecule has 0 aromatic heterocycles. The highest BCUT2D eigenvalue weighted by Gasteiger charge is 2.25. The zero-order valence-corrected chi connectivity index (χ0v) is 6.90. The van der Waals surface area contributed by atoms with Gasteiger partial charge in [0.1, 0.15) is 0 Å². The summed E-state index contributed by atoms with van der Waals surface area (Å²) in [4.78, 5) is 2.51. The fourth-order valence-electron chi connectivity index (χ4n) is 1.25. The van der Waals surface area contributed by atoms with E-state index in [4.69, 9.17) is 4.74 Å². The molecule has 58 valence electrons. The summed E-state index contributed by atoms with van der Waals surface area (Å²) in [6, 6.07) is 0. The smallest absolute Gasteiger partial charge is 0.0594 e. The van der Waals surface area contributed by atoms with E-state index in [1.807, 2.05) is 0 Å². The van der Waals surface area contributed by atoms with Crippen LogP contribution in [0.5, 0.6) is 0 Å². The van der Waals surface area contributed by atoms with Crippen molar-refractivity contribution < 1.29 is 4.74 Å². The molecule has 3 heteroatoms. The molecule has 1 unspecified atom stereocenters. The molecule has 0 aromatic rings. The van der Waals surface area contributed by atoms with E-state index < -0.39 is 0 Å². The second-order valence-electron chi connectivity index (χ2n) is 2.87. The maximum absolute atomic E-state index is 5.25. The summed E-state index contributed by atoms with van der Waals surface area (Å²) in [7, 11) is 0. The molecule has 0 radical (unpaired) electrons. The van der Waals surface area contributed by atoms with Crippen LogP contribution in [0.25, 0.3) is 0 Å². The van der Waals surface area contributed by atoms with Crippen LogP contribution in [0, 0.1) is 0 Å². The summed E-state index contributed by atoms with van der Waals surface area (Å²) in [5.74, 6) is 1.39. The molecule has 2 aliphatic rings. The van der Waals surface area contributed by atoms with Crippen LogP contribution < -0.4 is 0 Å². The molecule has 0 amide bonds. The number of ether oxygens (including phenoxy) is 1. The van der Waals surface area contributed by atoms with Gasteiger partial charge in [-0.15, -0.1) is 0 Å². The Morgan fingerprint density at radius 3 is 2.70 bits per heavy atom. The molecule has 2 saturated heterocycles. The first kappa shape index (κ1) is 6.95. The van der Waals surface area contributed by atoms with Crippen molar-refractivity contribution in [3.8, 4) is 0 Å². The summed E-state index contributed by atoms with van der Waals surface area (Å²) in [6.07, 6.45) is 0. The largest absolute Gasteiger partial charge is 0.379 e. The highest BCUT2D eigenvalue weighted by molar-refractivity contribution is 8.06. The van der Waals surface area contributed by atoms with Crippen molar-refractivity contribution in [2.75, 3.05) is 38.6 Å². The Kier molecular flexibility index (Phi) is 2.16. The van der Waals surface area contributed by atoms with Gasteiger partial charge in [0.05, 0.1) is 13.2 Å². The third-order valence-corrected chi connectivity index (χ3v) is 2.92. The Hall–Kier alpha value is 0.270. The lowest BCUT2D eigenvalue weighted by atomic mass is 10.4. The van der Waals surface area contributed by atoms with Crippen molar-refractivity contribution in [2.24, 2.45) is 0 Å². The number of morpholine rings is 1. The van der Waals surface area contributed by atoms with Crippen LogP contribution in [0.3, 0.4) is 0 Å². The maximum atomic E-state index is 5.25. The molecular formula is C7H13NOS. The molecule has 0 spiro atoms. The molecule has 10 heavy (non-hydrogen) atoms. The highest BCUT2D eigenvalue weighted by atomic mass is 32.2. The van der Waals surface area contributed by atoms with Gasteiger partial charge in [-0.25, -0.2) is 0 Å². The van der Waals surface area contributed by atoms with E-state index in [-0.39, 0.29) is 0 Å². The fourth-order valence-corrected chi connectivity index (χ4v) is 1.80. The zero-order valence-electron chi connectivity index (χ0n) is 6.08. The van der Waals surface area contributed by atoms with Crippen molar-refractivity contribution in [2.45, 2.75) is 5.25 Å². The van der Waals surface area contributed by atoms with Crippen LogP contribution in [0.1, 0.15) is 0 Å². The molecule has 2 aliphatic heterocycles. The van der Waals surface area contributed by atoms with Gasteiger partial charge in [0.2, 0.25) is 0 Å². The molecule has 1 atom stereocenters. The molecule has 0 N–H and O–H groups in total. The first-order valence-electron chi connectivity index (χ1n) is 3.87. The number of rotatable bonds is 2. The van der Waals surface area contributed by atoms with Crippen molar-refractivity contribution in [3.05, 3.63) is 0 Å². The number of hydrogen-bond acceptors (Lipinski definition) is 3. The lowest BCUT2D eigenvalue weighted by Crippen LogP contribution is -2.38. The van der Waals surface area contributed by atoms with Crippen LogP contribution in [0.15, 0.2) is 0 Å². The summed E-state index contributed by atoms with van der Waals surface area (Å²) in [5.41, 5.74) is 0. The van der Waals surface area contributed by atoms with Crippen molar-refractivity contribution in [3.63, 3.8) is 0 Å². The Morgan fingerprint density at radius 2 is 2.10 bits per heavy atom. The maximum Gasteiger partial charge on any atom is 0.0594 e. The van der Waals surface area contributed by atoms with Gasteiger partial charge in [-0.3, -0.25) is 4.90 Å². The Morgan fingerprint density at radius 1 is 1.40 bits per heavy atom. The first-order valence-corrected chi connectivity index (χ1v) is 4.92. The monoisotopic (exact) mass is 159 g/mol. The predicted octanol–water partition coefficient (Wildman–Crippen LogP) is 0.434. The highest BCUT2D eigenvalue weighted by Crippen LogP contribution is 2.30. The minimum atomic E-state index is 0.942. The van der Waals surface area contributed by atoms with Crippen LogP contribution >= 0.6 is 11.8 Å². The summed E-state index contributed by atoms with van der Waals surface area (Å²) >= 11 is 2.08. The molecule has 2 nitrogen and oxygen atoms in total. The third-order valence-electron chi connectivity index (χ3n) is 1.97. The Bertz CT molecular complexity index is 110. The van der Waals surface area contributed by atoms with E-state index in [2.05, 4.69) is 16.7 Å². The first-order chi connectivity index (χ1) is 4.95. The zero-order chi connectivity index (χ0) is 6.81. The topological polar surface area (TPSA) is 12.5 Å². The summed E-state index contributed by atoms with van der Waals surface area (Å²) in [5, 5.41) is 0.957. The van der Waals surface area contributed by atoms with E-state index in [0.29, 0.717) is 0 Å². The summed E-state index contributed by atoms with van der Waals surface area (Å²) < 4.78 is 5.25. The minimum Gasteiger partial charge on any atom is -0.379 e. The summed E-state index contributed by atoms with van der Waals surface area (Å²) in [6.45, 7) is 5.48. The molecule has 2 rings (SSSR count). The van der Waals surface area contributed by atoms with Gasteiger partial charge in [0, 0.05) is 30.6 Å². The van der Waals surface area contributed by atoms with Gasteiger partial charge < -0.3 is 4.74 Å². The average Bonchev–Trinajstić information content (AvgIpc) is 2.74. The van der Waals surface area contributed by atoms with Crippen molar-refractivity contribution in [1.82, 2.24) is 4.90 Å². The fraction of sp³-hybridized carbons (Fsp3) is 1.00. The Labute approximate surface area is 65.9 Å². The number of nitrogens with zero attached hydrogens (tertiary/aromatic N) is 1. The average molecular weight is 159 g/mol. The van der Waals surface area contributed by atoms with Crippen LogP contribution in [0.4, 0.5) is 0 Å². The minimum absolute atomic E-state index is 0.942. The van der Waals surface area contributed by atoms with E-state index in [9.17, 15) is 0 Å². The van der Waals surface area contributed by atoms with Crippen molar-refractivity contribution in [1.29, 1.82) is 0 Å². The molecule has 0 aromatic carbocycles. The second kappa shape index (κ2) is 3.11. The van der Waals surface area contributed by atoms with E-state index in [1.54, 1.807) is 0 Å². The van der Waals surface area contributed by atoms with Crippen molar-refractivity contribution >= 4 is 11.8 Å². The van der Waals surface area contributed by atoms with Crippen LogP contribution in [-0.4, -0.2) is 48.8 Å². The van der Waals surface area contributed by atoms with E-state index in [0.717, 1.165) is 31.6 Å². The molecular weight excluding hydrogens is 146 g/mol. The molecule has 0 bridgehead atoms. The van der Waals surface area contributed by atoms with Crippen LogP contribution in [0.2, 0.25) is 0 Å². The lowest BCUT2D eigenvalue weighted by Gasteiger charge is -2.25. The van der Waals surface area contributed by atoms with Gasteiger partial charge in [0.25, 0.3) is 0 Å². The number of thioether (sulfide) groups is 1. The van der Waals surface area contributed by atoms with Gasteiger partial charge in [-0.2, -0.15) is 11.8 Å². The van der Waals surface area contributed by atoms with Crippen LogP contribution in [-0.2, 0) is 4.74 Å². The molecule has 0 saturated carbocycles. The number of hydrogen-bond donors (Lipinski definition) is 0. The Balaban J connectivity index is 1.69. The van der Waals surface area contributed by atoms with Gasteiger partial charge in [0.15, 0.2) is 0 Å². The van der Waals surface area contributed by atoms with Gasteiger partial charge >= 0.3 is 0 Å². The molecule has 0 aliphatic carbocycles. The predicted molar refractivity (Wildman–Crippen MR) is 43.5 cm³/mol. The third kappa shape index (κ3) is 1.87. The van der Waals surface area contributed by atoms with E-state index in [1.165, 1.54) is 12.3 Å². The second-order valence-corrected chi connectivity index (χ2v) is 4.20. The van der Waals surface area contributed by atoms with E-state index >= 15 is 0 Å². The standard InChI is InChI=1S/C7H13NOS/c1-3-9-4-2-8(1)5-7-6-10-7/h7H,1-6H2.